The van der Waals surface area contributed by atoms with Gasteiger partial charge in [-0.2, -0.15) is 0 Å². The minimum Gasteiger partial charge on any atom is -0.469 e. The van der Waals surface area contributed by atoms with Crippen LogP contribution in [0.4, 0.5) is 0 Å². The molecular weight excluding hydrogens is 288 g/mol. The summed E-state index contributed by atoms with van der Waals surface area (Å²) in [5, 5.41) is 0. The zero-order valence-electron chi connectivity index (χ0n) is 10.7. The van der Waals surface area contributed by atoms with Gasteiger partial charge in [0.15, 0.2) is 0 Å². The van der Waals surface area contributed by atoms with Gasteiger partial charge in [-0.05, 0) is 31.7 Å². The lowest BCUT2D eigenvalue weighted by Gasteiger charge is -2.21. The van der Waals surface area contributed by atoms with Crippen LogP contribution in [0.2, 0.25) is 0 Å². The summed E-state index contributed by atoms with van der Waals surface area (Å²) in [5.41, 5.74) is -0.552. The molecule has 0 rings (SSSR count). The average molecular weight is 307 g/mol. The molecule has 5 heteroatoms. The Hall–Kier alpha value is -0.840. The van der Waals surface area contributed by atoms with Crippen molar-refractivity contribution < 1.29 is 19.1 Å². The number of ether oxygens (including phenoxy) is 2. The zero-order chi connectivity index (χ0) is 13.6. The van der Waals surface area contributed by atoms with Crippen LogP contribution in [0.5, 0.6) is 0 Å². The maximum atomic E-state index is 11.6. The largest absolute Gasteiger partial charge is 0.469 e. The number of methoxy groups -OCH3 is 1. The maximum absolute atomic E-state index is 11.6. The second-order valence-electron chi connectivity index (χ2n) is 4.73. The third-order valence-corrected chi connectivity index (χ3v) is 2.16. The Morgan fingerprint density at radius 3 is 2.18 bits per heavy atom. The van der Waals surface area contributed by atoms with E-state index in [-0.39, 0.29) is 6.42 Å². The van der Waals surface area contributed by atoms with Gasteiger partial charge in [0.2, 0.25) is 0 Å². The summed E-state index contributed by atoms with van der Waals surface area (Å²) >= 11 is 3.17. The molecule has 98 valence electrons. The molecule has 0 saturated carbocycles. The molecule has 1 unspecified atom stereocenters. The quantitative estimate of drug-likeness (QED) is 0.733. The molecule has 0 spiro atoms. The highest BCUT2D eigenvalue weighted by atomic mass is 79.9. The van der Waals surface area contributed by atoms with Crippen LogP contribution in [0, 0.1) is 5.92 Å². The Bertz CT molecular complexity index is 304. The van der Waals surface area contributed by atoms with Gasteiger partial charge in [-0.1, -0.05) is 22.5 Å². The Kier molecular flexibility index (Phi) is 6.45. The third kappa shape index (κ3) is 7.96. The molecule has 4 nitrogen and oxygen atoms in total. The summed E-state index contributed by atoms with van der Waals surface area (Å²) in [6.45, 7) is 8.99. The highest BCUT2D eigenvalue weighted by Gasteiger charge is 2.26. The number of hydrogen-bond donors (Lipinski definition) is 0. The molecule has 0 aromatic heterocycles. The Labute approximate surface area is 110 Å². The van der Waals surface area contributed by atoms with Crippen LogP contribution in [0.1, 0.15) is 33.6 Å². The van der Waals surface area contributed by atoms with Crippen molar-refractivity contribution >= 4 is 27.9 Å². The van der Waals surface area contributed by atoms with Crippen molar-refractivity contribution in [1.29, 1.82) is 0 Å². The first-order valence-corrected chi connectivity index (χ1v) is 6.08. The molecule has 0 fully saturated rings. The molecule has 0 aromatic rings. The van der Waals surface area contributed by atoms with Gasteiger partial charge in [0.05, 0.1) is 19.4 Å². The van der Waals surface area contributed by atoms with E-state index in [1.165, 1.54) is 7.11 Å². The molecule has 0 saturated heterocycles. The van der Waals surface area contributed by atoms with E-state index in [1.54, 1.807) is 20.8 Å². The first-order valence-electron chi connectivity index (χ1n) is 5.28. The van der Waals surface area contributed by atoms with Crippen LogP contribution in [0.15, 0.2) is 11.1 Å². The van der Waals surface area contributed by atoms with Crippen LogP contribution in [-0.2, 0) is 19.1 Å². The summed E-state index contributed by atoms with van der Waals surface area (Å²) in [6.07, 6.45) is 0.348. The molecule has 0 N–H and O–H groups in total. The normalized spacial score (nSPS) is 12.8. The standard InChI is InChI=1S/C12H19BrO4/c1-8(13)6-9(11(15)16-5)7-10(14)17-12(2,3)4/h9H,1,6-7H2,2-5H3. The van der Waals surface area contributed by atoms with Crippen molar-refractivity contribution in [2.75, 3.05) is 7.11 Å². The van der Waals surface area contributed by atoms with E-state index < -0.39 is 23.5 Å². The van der Waals surface area contributed by atoms with Crippen LogP contribution in [0.25, 0.3) is 0 Å². The van der Waals surface area contributed by atoms with Gasteiger partial charge < -0.3 is 9.47 Å². The van der Waals surface area contributed by atoms with E-state index >= 15 is 0 Å². The van der Waals surface area contributed by atoms with Gasteiger partial charge >= 0.3 is 11.9 Å². The van der Waals surface area contributed by atoms with Crippen molar-refractivity contribution in [3.05, 3.63) is 11.1 Å². The highest BCUT2D eigenvalue weighted by molar-refractivity contribution is 9.11. The number of carbonyl (C=O) groups excluding carboxylic acids is 2. The van der Waals surface area contributed by atoms with Crippen molar-refractivity contribution in [2.45, 2.75) is 39.2 Å². The minimum atomic E-state index is -0.554. The molecular formula is C12H19BrO4. The topological polar surface area (TPSA) is 52.6 Å². The smallest absolute Gasteiger partial charge is 0.309 e. The Balaban J connectivity index is 4.48. The van der Waals surface area contributed by atoms with Crippen LogP contribution >= 0.6 is 15.9 Å². The summed E-state index contributed by atoms with van der Waals surface area (Å²) in [4.78, 5) is 23.1. The van der Waals surface area contributed by atoms with Gasteiger partial charge in [0.1, 0.15) is 5.60 Å². The van der Waals surface area contributed by atoms with Gasteiger partial charge in [-0.25, -0.2) is 0 Å². The molecule has 0 aliphatic carbocycles. The molecule has 17 heavy (non-hydrogen) atoms. The molecule has 0 radical (unpaired) electrons. The molecule has 0 aromatic carbocycles. The lowest BCUT2D eigenvalue weighted by atomic mass is 10.0. The van der Waals surface area contributed by atoms with E-state index in [9.17, 15) is 9.59 Å². The third-order valence-electron chi connectivity index (χ3n) is 1.84. The van der Waals surface area contributed by atoms with Crippen LogP contribution in [-0.4, -0.2) is 24.6 Å². The first kappa shape index (κ1) is 16.2. The Morgan fingerprint density at radius 2 is 1.82 bits per heavy atom. The predicted molar refractivity (Wildman–Crippen MR) is 68.7 cm³/mol. The zero-order valence-corrected chi connectivity index (χ0v) is 12.3. The Morgan fingerprint density at radius 1 is 1.29 bits per heavy atom. The van der Waals surface area contributed by atoms with Crippen molar-refractivity contribution in [3.63, 3.8) is 0 Å². The average Bonchev–Trinajstić information content (AvgIpc) is 2.11. The number of halogens is 1. The first-order chi connectivity index (χ1) is 7.65. The van der Waals surface area contributed by atoms with Crippen molar-refractivity contribution in [2.24, 2.45) is 5.92 Å². The number of esters is 2. The van der Waals surface area contributed by atoms with E-state index in [1.807, 2.05) is 0 Å². The second kappa shape index (κ2) is 6.79. The fraction of sp³-hybridized carbons (Fsp3) is 0.667. The fourth-order valence-electron chi connectivity index (χ4n) is 1.26. The number of hydrogen-bond acceptors (Lipinski definition) is 4. The molecule has 0 amide bonds. The fourth-order valence-corrected chi connectivity index (χ4v) is 1.65. The maximum Gasteiger partial charge on any atom is 0.309 e. The summed E-state index contributed by atoms with van der Waals surface area (Å²) in [6, 6.07) is 0. The predicted octanol–water partition coefficient (Wildman–Crippen LogP) is 2.81. The van der Waals surface area contributed by atoms with Gasteiger partial charge in [0.25, 0.3) is 0 Å². The van der Waals surface area contributed by atoms with E-state index in [2.05, 4.69) is 27.2 Å². The van der Waals surface area contributed by atoms with Crippen molar-refractivity contribution in [3.8, 4) is 0 Å². The van der Waals surface area contributed by atoms with Crippen LogP contribution in [0.3, 0.4) is 0 Å². The molecule has 1 atom stereocenters. The monoisotopic (exact) mass is 306 g/mol. The highest BCUT2D eigenvalue weighted by Crippen LogP contribution is 2.21. The lowest BCUT2D eigenvalue weighted by Crippen LogP contribution is -2.27. The number of carbonyl (C=O) groups is 2. The molecule has 0 aliphatic rings. The molecule has 0 bridgehead atoms. The SMILES string of the molecule is C=C(Br)CC(CC(=O)OC(C)(C)C)C(=O)OC. The van der Waals surface area contributed by atoms with Gasteiger partial charge in [-0.3, -0.25) is 9.59 Å². The van der Waals surface area contributed by atoms with E-state index in [0.29, 0.717) is 10.9 Å². The molecule has 0 aliphatic heterocycles. The minimum absolute atomic E-state index is 0.00539. The van der Waals surface area contributed by atoms with Crippen molar-refractivity contribution in [1.82, 2.24) is 0 Å². The molecule has 0 heterocycles. The van der Waals surface area contributed by atoms with E-state index in [4.69, 9.17) is 4.74 Å². The van der Waals surface area contributed by atoms with Crippen LogP contribution < -0.4 is 0 Å². The summed E-state index contributed by atoms with van der Waals surface area (Å²) in [5.74, 6) is -1.40. The summed E-state index contributed by atoms with van der Waals surface area (Å²) < 4.78 is 10.4. The number of allylic oxidation sites excluding steroid dienone is 1. The van der Waals surface area contributed by atoms with Gasteiger partial charge in [-0.15, -0.1) is 0 Å². The lowest BCUT2D eigenvalue weighted by molar-refractivity contribution is -0.160. The van der Waals surface area contributed by atoms with E-state index in [0.717, 1.165) is 0 Å². The second-order valence-corrected chi connectivity index (χ2v) is 5.85. The number of rotatable bonds is 5. The summed E-state index contributed by atoms with van der Waals surface area (Å²) in [7, 11) is 1.29. The van der Waals surface area contributed by atoms with Gasteiger partial charge in [0, 0.05) is 0 Å².